The monoisotopic (exact) mass is 273 g/mol. The first-order valence-electron chi connectivity index (χ1n) is 7.79. The fourth-order valence-corrected chi connectivity index (χ4v) is 3.69. The highest BCUT2D eigenvalue weighted by molar-refractivity contribution is 5.91. The Kier molecular flexibility index (Phi) is 3.95. The zero-order chi connectivity index (χ0) is 13.9. The molecule has 2 heterocycles. The van der Waals surface area contributed by atoms with Crippen LogP contribution in [0.4, 0.5) is 0 Å². The van der Waals surface area contributed by atoms with Gasteiger partial charge in [0.05, 0.1) is 0 Å². The van der Waals surface area contributed by atoms with Crippen molar-refractivity contribution in [1.29, 1.82) is 0 Å². The van der Waals surface area contributed by atoms with Crippen molar-refractivity contribution in [2.75, 3.05) is 6.54 Å². The molecule has 0 bridgehead atoms. The minimum Gasteiger partial charge on any atom is -0.462 e. The molecule has 0 N–H and O–H groups in total. The minimum atomic E-state index is 0.149. The number of hydrogen-bond acceptors (Lipinski definition) is 2. The van der Waals surface area contributed by atoms with Crippen LogP contribution in [0.2, 0.25) is 0 Å². The third-order valence-corrected chi connectivity index (χ3v) is 4.68. The summed E-state index contributed by atoms with van der Waals surface area (Å²) in [5.74, 6) is 2.52. The van der Waals surface area contributed by atoms with Gasteiger partial charge in [0.25, 0.3) is 0 Å². The molecule has 1 amide bonds. The smallest absolute Gasteiger partial charge is 0.246 e. The van der Waals surface area contributed by atoms with Gasteiger partial charge in [0.1, 0.15) is 11.5 Å². The Balaban J connectivity index is 1.67. The third-order valence-electron chi connectivity index (χ3n) is 4.68. The molecule has 1 saturated heterocycles. The minimum absolute atomic E-state index is 0.149. The van der Waals surface area contributed by atoms with E-state index >= 15 is 0 Å². The summed E-state index contributed by atoms with van der Waals surface area (Å²) in [7, 11) is 0. The van der Waals surface area contributed by atoms with Gasteiger partial charge in [0.15, 0.2) is 0 Å². The molecular formula is C17H23NO2. The summed E-state index contributed by atoms with van der Waals surface area (Å²) < 4.78 is 5.47. The van der Waals surface area contributed by atoms with Crippen molar-refractivity contribution >= 4 is 12.0 Å². The first-order chi connectivity index (χ1) is 9.74. The number of piperidine rings is 1. The molecule has 0 spiro atoms. The van der Waals surface area contributed by atoms with Crippen LogP contribution in [-0.4, -0.2) is 23.4 Å². The molecular weight excluding hydrogens is 250 g/mol. The first kappa shape index (κ1) is 13.5. The lowest BCUT2D eigenvalue weighted by molar-refractivity contribution is -0.132. The van der Waals surface area contributed by atoms with E-state index in [0.29, 0.717) is 6.04 Å². The van der Waals surface area contributed by atoms with Crippen LogP contribution in [0.3, 0.4) is 0 Å². The summed E-state index contributed by atoms with van der Waals surface area (Å²) in [5.41, 5.74) is 0. The number of furan rings is 1. The van der Waals surface area contributed by atoms with Crippen LogP contribution in [0.15, 0.2) is 22.6 Å². The molecule has 2 aliphatic rings. The van der Waals surface area contributed by atoms with Crippen molar-refractivity contribution in [2.24, 2.45) is 5.92 Å². The van der Waals surface area contributed by atoms with Crippen molar-refractivity contribution in [2.45, 2.75) is 51.5 Å². The van der Waals surface area contributed by atoms with Crippen molar-refractivity contribution < 1.29 is 9.21 Å². The Labute approximate surface area is 120 Å². The normalized spacial score (nSPS) is 26.8. The van der Waals surface area contributed by atoms with Crippen LogP contribution in [0, 0.1) is 12.8 Å². The molecule has 1 saturated carbocycles. The fourth-order valence-electron chi connectivity index (χ4n) is 3.69. The van der Waals surface area contributed by atoms with Gasteiger partial charge in [-0.25, -0.2) is 0 Å². The predicted octanol–water partition coefficient (Wildman–Crippen LogP) is 3.78. The zero-order valence-electron chi connectivity index (χ0n) is 12.2. The number of aryl methyl sites for hydroxylation is 1. The van der Waals surface area contributed by atoms with Gasteiger partial charge in [0, 0.05) is 18.7 Å². The van der Waals surface area contributed by atoms with E-state index in [1.54, 1.807) is 12.2 Å². The van der Waals surface area contributed by atoms with Crippen LogP contribution in [0.5, 0.6) is 0 Å². The molecule has 1 aliphatic heterocycles. The average Bonchev–Trinajstić information content (AvgIpc) is 2.90. The maximum absolute atomic E-state index is 12.4. The molecule has 3 heteroatoms. The quantitative estimate of drug-likeness (QED) is 0.768. The lowest BCUT2D eigenvalue weighted by atomic mass is 9.78. The molecule has 20 heavy (non-hydrogen) atoms. The van der Waals surface area contributed by atoms with Crippen LogP contribution < -0.4 is 0 Å². The van der Waals surface area contributed by atoms with E-state index in [9.17, 15) is 4.79 Å². The van der Waals surface area contributed by atoms with Gasteiger partial charge >= 0.3 is 0 Å². The highest BCUT2D eigenvalue weighted by Crippen LogP contribution is 2.35. The number of carbonyl (C=O) groups is 1. The van der Waals surface area contributed by atoms with E-state index in [4.69, 9.17) is 4.42 Å². The average molecular weight is 273 g/mol. The maximum atomic E-state index is 12.4. The van der Waals surface area contributed by atoms with Crippen LogP contribution in [0.1, 0.15) is 50.0 Å². The van der Waals surface area contributed by atoms with E-state index in [-0.39, 0.29) is 5.91 Å². The Hall–Kier alpha value is -1.51. The molecule has 2 fully saturated rings. The predicted molar refractivity (Wildman–Crippen MR) is 79.2 cm³/mol. The molecule has 108 valence electrons. The van der Waals surface area contributed by atoms with Crippen molar-refractivity contribution in [3.63, 3.8) is 0 Å². The second kappa shape index (κ2) is 5.86. The molecule has 3 nitrogen and oxygen atoms in total. The molecule has 2 atom stereocenters. The molecule has 0 radical (unpaired) electrons. The number of hydrogen-bond donors (Lipinski definition) is 0. The highest BCUT2D eigenvalue weighted by Gasteiger charge is 2.34. The van der Waals surface area contributed by atoms with Gasteiger partial charge in [-0.3, -0.25) is 4.79 Å². The first-order valence-corrected chi connectivity index (χ1v) is 7.79. The number of amides is 1. The Morgan fingerprint density at radius 2 is 2.05 bits per heavy atom. The number of rotatable bonds is 2. The van der Waals surface area contributed by atoms with Crippen molar-refractivity contribution in [3.8, 4) is 0 Å². The summed E-state index contributed by atoms with van der Waals surface area (Å²) >= 11 is 0. The van der Waals surface area contributed by atoms with Gasteiger partial charge in [-0.2, -0.15) is 0 Å². The summed E-state index contributed by atoms with van der Waals surface area (Å²) in [6.45, 7) is 2.83. The molecule has 2 unspecified atom stereocenters. The van der Waals surface area contributed by atoms with E-state index in [0.717, 1.165) is 30.4 Å². The van der Waals surface area contributed by atoms with E-state index in [1.165, 1.54) is 32.1 Å². The molecule has 3 rings (SSSR count). The number of carbonyl (C=O) groups excluding carboxylic acids is 1. The zero-order valence-corrected chi connectivity index (χ0v) is 12.2. The van der Waals surface area contributed by atoms with Crippen LogP contribution in [0.25, 0.3) is 6.08 Å². The Bertz CT molecular complexity index is 501. The number of nitrogens with zero attached hydrogens (tertiary/aromatic N) is 1. The molecule has 1 aromatic rings. The summed E-state index contributed by atoms with van der Waals surface area (Å²) in [5, 5.41) is 0. The fraction of sp³-hybridized carbons (Fsp3) is 0.588. The molecule has 0 aromatic carbocycles. The van der Waals surface area contributed by atoms with Gasteiger partial charge in [-0.15, -0.1) is 0 Å². The second-order valence-electron chi connectivity index (χ2n) is 6.07. The second-order valence-corrected chi connectivity index (χ2v) is 6.07. The maximum Gasteiger partial charge on any atom is 0.246 e. The third kappa shape index (κ3) is 2.82. The highest BCUT2D eigenvalue weighted by atomic mass is 16.3. The molecule has 1 aliphatic carbocycles. The topological polar surface area (TPSA) is 33.5 Å². The van der Waals surface area contributed by atoms with Gasteiger partial charge in [-0.1, -0.05) is 12.8 Å². The van der Waals surface area contributed by atoms with Crippen molar-refractivity contribution in [3.05, 3.63) is 29.7 Å². The van der Waals surface area contributed by atoms with Crippen LogP contribution >= 0.6 is 0 Å². The van der Waals surface area contributed by atoms with Crippen LogP contribution in [-0.2, 0) is 4.79 Å². The summed E-state index contributed by atoms with van der Waals surface area (Å²) in [4.78, 5) is 14.5. The van der Waals surface area contributed by atoms with Gasteiger partial charge in [0.2, 0.25) is 5.91 Å². The summed E-state index contributed by atoms with van der Waals surface area (Å²) in [6, 6.07) is 4.30. The number of fused-ring (bicyclic) bond motifs is 1. The van der Waals surface area contributed by atoms with E-state index in [1.807, 2.05) is 19.1 Å². The van der Waals surface area contributed by atoms with E-state index in [2.05, 4.69) is 4.90 Å². The Morgan fingerprint density at radius 1 is 1.25 bits per heavy atom. The Morgan fingerprint density at radius 3 is 2.85 bits per heavy atom. The SMILES string of the molecule is Cc1ccc(/C=C/C(=O)N2CCCC3CCCCC32)o1. The van der Waals surface area contributed by atoms with E-state index < -0.39 is 0 Å². The molecule has 1 aromatic heterocycles. The standard InChI is InChI=1S/C17H23NO2/c1-13-8-9-15(20-13)10-11-17(19)18-12-4-6-14-5-2-3-7-16(14)18/h8-11,14,16H,2-7,12H2,1H3/b11-10+. The lowest BCUT2D eigenvalue weighted by Gasteiger charge is -2.43. The largest absolute Gasteiger partial charge is 0.462 e. The van der Waals surface area contributed by atoms with Gasteiger partial charge < -0.3 is 9.32 Å². The van der Waals surface area contributed by atoms with Crippen molar-refractivity contribution in [1.82, 2.24) is 4.90 Å². The number of likely N-dealkylation sites (tertiary alicyclic amines) is 1. The lowest BCUT2D eigenvalue weighted by Crippen LogP contribution is -2.49. The van der Waals surface area contributed by atoms with Gasteiger partial charge in [-0.05, 0) is 56.7 Å². The summed E-state index contributed by atoms with van der Waals surface area (Å²) in [6.07, 6.45) is 11.0.